The van der Waals surface area contributed by atoms with Crippen LogP contribution in [0.4, 0.5) is 5.00 Å². The van der Waals surface area contributed by atoms with E-state index in [1.165, 1.54) is 25.4 Å². The smallest absolute Gasteiger partial charge is 0.341 e. The molecule has 2 amide bonds. The summed E-state index contributed by atoms with van der Waals surface area (Å²) >= 11 is 1.32. The first-order valence-corrected chi connectivity index (χ1v) is 9.41. The van der Waals surface area contributed by atoms with E-state index in [-0.39, 0.29) is 18.4 Å². The normalized spacial score (nSPS) is 13.3. The Kier molecular flexibility index (Phi) is 5.31. The minimum atomic E-state index is -0.481. The third-order valence-corrected chi connectivity index (χ3v) is 5.67. The molecule has 0 unspecified atom stereocenters. The van der Waals surface area contributed by atoms with Crippen molar-refractivity contribution in [3.05, 3.63) is 33.5 Å². The third-order valence-electron chi connectivity index (χ3n) is 4.54. The van der Waals surface area contributed by atoms with E-state index in [2.05, 4.69) is 10.4 Å². The molecule has 1 aliphatic heterocycles. The fourth-order valence-electron chi connectivity index (χ4n) is 3.22. The lowest BCUT2D eigenvalue weighted by Crippen LogP contribution is -2.33. The summed E-state index contributed by atoms with van der Waals surface area (Å²) < 4.78 is 6.53. The van der Waals surface area contributed by atoms with E-state index in [1.807, 2.05) is 19.9 Å². The van der Waals surface area contributed by atoms with Crippen molar-refractivity contribution in [2.75, 3.05) is 19.0 Å². The maximum Gasteiger partial charge on any atom is 0.341 e. The molecule has 2 aromatic heterocycles. The van der Waals surface area contributed by atoms with Gasteiger partial charge in [-0.1, -0.05) is 0 Å². The van der Waals surface area contributed by atoms with Crippen LogP contribution in [-0.4, -0.2) is 46.1 Å². The van der Waals surface area contributed by atoms with E-state index < -0.39 is 5.97 Å². The second-order valence-corrected chi connectivity index (χ2v) is 7.63. The topological polar surface area (TPSA) is 93.5 Å². The Morgan fingerprint density at radius 1 is 1.33 bits per heavy atom. The number of anilines is 1. The molecule has 9 heteroatoms. The van der Waals surface area contributed by atoms with Crippen LogP contribution in [0.2, 0.25) is 0 Å². The van der Waals surface area contributed by atoms with Crippen LogP contribution in [0.5, 0.6) is 0 Å². The lowest BCUT2D eigenvalue weighted by Gasteiger charge is -2.25. The van der Waals surface area contributed by atoms with Gasteiger partial charge in [-0.05, 0) is 31.9 Å². The van der Waals surface area contributed by atoms with Crippen molar-refractivity contribution in [3.8, 4) is 0 Å². The molecule has 3 heterocycles. The molecule has 2 aromatic rings. The van der Waals surface area contributed by atoms with E-state index in [9.17, 15) is 14.4 Å². The summed E-state index contributed by atoms with van der Waals surface area (Å²) in [5, 5.41) is 7.57. The van der Waals surface area contributed by atoms with Crippen LogP contribution in [0.25, 0.3) is 0 Å². The second-order valence-electron chi connectivity index (χ2n) is 6.52. The van der Waals surface area contributed by atoms with E-state index in [4.69, 9.17) is 4.74 Å². The minimum absolute atomic E-state index is 0.0104. The number of carbonyl (C=O) groups is 3. The Labute approximate surface area is 161 Å². The number of nitrogens with zero attached hydrogens (tertiary/aromatic N) is 3. The summed E-state index contributed by atoms with van der Waals surface area (Å²) in [5.74, 6) is -0.762. The summed E-state index contributed by atoms with van der Waals surface area (Å²) in [5.41, 5.74) is 2.97. The summed E-state index contributed by atoms with van der Waals surface area (Å²) in [4.78, 5) is 39.1. The predicted octanol–water partition coefficient (Wildman–Crippen LogP) is 1.89. The lowest BCUT2D eigenvalue weighted by molar-refractivity contribution is -0.129. The molecular formula is C18H22N4O4S. The number of methoxy groups -OCH3 is 1. The number of aryl methyl sites for hydroxylation is 2. The summed E-state index contributed by atoms with van der Waals surface area (Å²) in [7, 11) is 1.32. The fourth-order valence-corrected chi connectivity index (χ4v) is 4.48. The zero-order chi connectivity index (χ0) is 19.7. The molecule has 0 radical (unpaired) electrons. The van der Waals surface area contributed by atoms with Gasteiger partial charge in [0.05, 0.1) is 24.9 Å². The van der Waals surface area contributed by atoms with Crippen molar-refractivity contribution in [3.63, 3.8) is 0 Å². The highest BCUT2D eigenvalue weighted by Gasteiger charge is 2.30. The molecule has 0 aromatic carbocycles. The van der Waals surface area contributed by atoms with Gasteiger partial charge in [-0.25, -0.2) is 4.79 Å². The van der Waals surface area contributed by atoms with Gasteiger partial charge >= 0.3 is 5.97 Å². The number of ether oxygens (including phenoxy) is 1. The van der Waals surface area contributed by atoms with Gasteiger partial charge in [0.1, 0.15) is 11.5 Å². The Morgan fingerprint density at radius 2 is 2.07 bits per heavy atom. The van der Waals surface area contributed by atoms with Crippen molar-refractivity contribution in [2.45, 2.75) is 40.3 Å². The van der Waals surface area contributed by atoms with Crippen LogP contribution in [0.15, 0.2) is 6.07 Å². The molecule has 0 saturated heterocycles. The quantitative estimate of drug-likeness (QED) is 0.805. The molecule has 27 heavy (non-hydrogen) atoms. The number of carbonyl (C=O) groups excluding carboxylic acids is 3. The number of amides is 2. The minimum Gasteiger partial charge on any atom is -0.465 e. The maximum atomic E-state index is 12.5. The average Bonchev–Trinajstić information content (AvgIpc) is 3.12. The Hall–Kier alpha value is -2.68. The number of rotatable bonds is 4. The molecule has 0 aliphatic carbocycles. The molecule has 8 nitrogen and oxygen atoms in total. The summed E-state index contributed by atoms with van der Waals surface area (Å²) in [6, 6.07) is 1.90. The Bertz CT molecular complexity index is 915. The second kappa shape index (κ2) is 7.51. The zero-order valence-electron chi connectivity index (χ0n) is 15.8. The van der Waals surface area contributed by atoms with Crippen LogP contribution in [-0.2, 0) is 33.8 Å². The molecule has 0 fully saturated rings. The highest BCUT2D eigenvalue weighted by molar-refractivity contribution is 7.17. The molecule has 0 spiro atoms. The molecule has 0 atom stereocenters. The first kappa shape index (κ1) is 19.1. The Balaban J connectivity index is 1.86. The summed E-state index contributed by atoms with van der Waals surface area (Å²) in [6.45, 7) is 6.31. The van der Waals surface area contributed by atoms with Crippen LogP contribution in [0.1, 0.15) is 39.1 Å². The van der Waals surface area contributed by atoms with Crippen molar-refractivity contribution < 1.29 is 19.1 Å². The van der Waals surface area contributed by atoms with Gasteiger partial charge < -0.3 is 15.0 Å². The van der Waals surface area contributed by atoms with Gasteiger partial charge in [-0.15, -0.1) is 11.3 Å². The first-order chi connectivity index (χ1) is 12.8. The predicted molar refractivity (Wildman–Crippen MR) is 101 cm³/mol. The van der Waals surface area contributed by atoms with E-state index in [0.29, 0.717) is 30.1 Å². The van der Waals surface area contributed by atoms with Crippen molar-refractivity contribution in [1.29, 1.82) is 0 Å². The highest BCUT2D eigenvalue weighted by atomic mass is 32.1. The Morgan fingerprint density at radius 3 is 2.67 bits per heavy atom. The number of hydrogen-bond acceptors (Lipinski definition) is 6. The first-order valence-electron chi connectivity index (χ1n) is 8.59. The molecular weight excluding hydrogens is 368 g/mol. The van der Waals surface area contributed by atoms with E-state index in [0.717, 1.165) is 21.8 Å². The van der Waals surface area contributed by atoms with Crippen molar-refractivity contribution in [1.82, 2.24) is 14.7 Å². The molecule has 1 N–H and O–H groups in total. The molecule has 0 bridgehead atoms. The number of nitrogens with one attached hydrogen (secondary N) is 1. The number of thiophene rings is 1. The lowest BCUT2D eigenvalue weighted by atomic mass is 10.0. The standard InChI is InChI=1S/C18H22N4O4S/c1-10-7-11(2)22(20-10)9-15(24)19-17-16(18(25)26-4)13-5-6-21(12(3)23)8-14(13)27-17/h7H,5-6,8-9H2,1-4H3,(H,19,24). The number of hydrogen-bond donors (Lipinski definition) is 1. The monoisotopic (exact) mass is 390 g/mol. The highest BCUT2D eigenvalue weighted by Crippen LogP contribution is 2.37. The largest absolute Gasteiger partial charge is 0.465 e. The number of esters is 1. The number of aromatic nitrogens is 2. The maximum absolute atomic E-state index is 12.5. The van der Waals surface area contributed by atoms with Crippen molar-refractivity contribution >= 4 is 34.1 Å². The van der Waals surface area contributed by atoms with Gasteiger partial charge in [-0.3, -0.25) is 14.3 Å². The van der Waals surface area contributed by atoms with Crippen LogP contribution in [0, 0.1) is 13.8 Å². The van der Waals surface area contributed by atoms with Crippen LogP contribution in [0.3, 0.4) is 0 Å². The van der Waals surface area contributed by atoms with Crippen molar-refractivity contribution in [2.24, 2.45) is 0 Å². The molecule has 0 saturated carbocycles. The fraction of sp³-hybridized carbons (Fsp3) is 0.444. The SMILES string of the molecule is COC(=O)c1c(NC(=O)Cn2nc(C)cc2C)sc2c1CCN(C(C)=O)C2. The van der Waals surface area contributed by atoms with E-state index in [1.54, 1.807) is 9.58 Å². The van der Waals surface area contributed by atoms with Gasteiger partial charge in [-0.2, -0.15) is 5.10 Å². The van der Waals surface area contributed by atoms with Gasteiger partial charge in [0.2, 0.25) is 11.8 Å². The van der Waals surface area contributed by atoms with Gasteiger partial charge in [0.25, 0.3) is 0 Å². The molecule has 3 rings (SSSR count). The van der Waals surface area contributed by atoms with E-state index >= 15 is 0 Å². The zero-order valence-corrected chi connectivity index (χ0v) is 16.6. The molecule has 1 aliphatic rings. The number of fused-ring (bicyclic) bond motifs is 1. The van der Waals surface area contributed by atoms with Gasteiger partial charge in [0.15, 0.2) is 0 Å². The third kappa shape index (κ3) is 3.87. The average molecular weight is 390 g/mol. The summed E-state index contributed by atoms with van der Waals surface area (Å²) in [6.07, 6.45) is 0.559. The van der Waals surface area contributed by atoms with Gasteiger partial charge in [0, 0.05) is 24.0 Å². The van der Waals surface area contributed by atoms with Crippen LogP contribution < -0.4 is 5.32 Å². The molecule has 144 valence electrons. The van der Waals surface area contributed by atoms with Crippen LogP contribution >= 0.6 is 11.3 Å².